The van der Waals surface area contributed by atoms with Crippen molar-refractivity contribution in [3.8, 4) is 0 Å². The Hall–Kier alpha value is -1.90. The SMILES string of the molecule is CC(=O)Nc1cnc2ccccc2c1. The fourth-order valence-electron chi connectivity index (χ4n) is 1.34. The van der Waals surface area contributed by atoms with Gasteiger partial charge in [-0.3, -0.25) is 9.78 Å². The molecule has 2 aromatic rings. The van der Waals surface area contributed by atoms with Gasteiger partial charge in [0.1, 0.15) is 0 Å². The lowest BCUT2D eigenvalue weighted by molar-refractivity contribution is -0.114. The molecule has 0 aliphatic rings. The third-order valence-electron chi connectivity index (χ3n) is 1.91. The molecule has 3 nitrogen and oxygen atoms in total. The second-order valence-corrected chi connectivity index (χ2v) is 3.10. The maximum Gasteiger partial charge on any atom is 0.221 e. The van der Waals surface area contributed by atoms with Crippen molar-refractivity contribution in [2.75, 3.05) is 5.32 Å². The standard InChI is InChI=1S/C11H10N2O/c1-8(14)13-10-6-9-4-2-3-5-11(9)12-7-10/h2-7H,1H3,(H,13,14). The van der Waals surface area contributed by atoms with Gasteiger partial charge in [0.2, 0.25) is 5.91 Å². The molecule has 0 aliphatic heterocycles. The lowest BCUT2D eigenvalue weighted by atomic mass is 10.2. The molecule has 70 valence electrons. The first kappa shape index (κ1) is 8.69. The summed E-state index contributed by atoms with van der Waals surface area (Å²) in [6.07, 6.45) is 1.66. The van der Waals surface area contributed by atoms with Gasteiger partial charge in [-0.25, -0.2) is 0 Å². The molecular weight excluding hydrogens is 176 g/mol. The van der Waals surface area contributed by atoms with Crippen LogP contribution in [-0.4, -0.2) is 10.9 Å². The first-order valence-electron chi connectivity index (χ1n) is 4.38. The smallest absolute Gasteiger partial charge is 0.221 e. The molecular formula is C11H10N2O. The average Bonchev–Trinajstić information content (AvgIpc) is 2.17. The van der Waals surface area contributed by atoms with Crippen LogP contribution in [0.4, 0.5) is 5.69 Å². The van der Waals surface area contributed by atoms with Crippen LogP contribution in [0.3, 0.4) is 0 Å². The summed E-state index contributed by atoms with van der Waals surface area (Å²) in [6.45, 7) is 1.48. The summed E-state index contributed by atoms with van der Waals surface area (Å²) in [6, 6.07) is 9.69. The van der Waals surface area contributed by atoms with Gasteiger partial charge < -0.3 is 5.32 Å². The summed E-state index contributed by atoms with van der Waals surface area (Å²) in [4.78, 5) is 15.0. The van der Waals surface area contributed by atoms with Crippen LogP contribution in [0.5, 0.6) is 0 Å². The van der Waals surface area contributed by atoms with Gasteiger partial charge in [-0.2, -0.15) is 0 Å². The first-order chi connectivity index (χ1) is 6.75. The Kier molecular flexibility index (Phi) is 2.14. The van der Waals surface area contributed by atoms with Crippen LogP contribution in [0, 0.1) is 0 Å². The predicted octanol–water partition coefficient (Wildman–Crippen LogP) is 2.19. The maximum atomic E-state index is 10.8. The Labute approximate surface area is 81.8 Å². The maximum absolute atomic E-state index is 10.8. The molecule has 0 spiro atoms. The van der Waals surface area contributed by atoms with Crippen molar-refractivity contribution in [3.05, 3.63) is 36.5 Å². The van der Waals surface area contributed by atoms with Gasteiger partial charge in [0.15, 0.2) is 0 Å². The number of rotatable bonds is 1. The molecule has 1 aromatic heterocycles. The normalized spacial score (nSPS) is 10.1. The van der Waals surface area contributed by atoms with Gasteiger partial charge in [-0.05, 0) is 12.1 Å². The van der Waals surface area contributed by atoms with E-state index in [-0.39, 0.29) is 5.91 Å². The van der Waals surface area contributed by atoms with Gasteiger partial charge in [0.25, 0.3) is 0 Å². The van der Waals surface area contributed by atoms with E-state index in [9.17, 15) is 4.79 Å². The number of carbonyl (C=O) groups excluding carboxylic acids is 1. The highest BCUT2D eigenvalue weighted by atomic mass is 16.1. The minimum atomic E-state index is -0.0814. The minimum Gasteiger partial charge on any atom is -0.325 e. The van der Waals surface area contributed by atoms with Crippen molar-refractivity contribution in [3.63, 3.8) is 0 Å². The van der Waals surface area contributed by atoms with Crippen LogP contribution >= 0.6 is 0 Å². The number of hydrogen-bond acceptors (Lipinski definition) is 2. The van der Waals surface area contributed by atoms with E-state index in [2.05, 4.69) is 10.3 Å². The van der Waals surface area contributed by atoms with Crippen LogP contribution in [0.25, 0.3) is 10.9 Å². The topological polar surface area (TPSA) is 42.0 Å². The first-order valence-corrected chi connectivity index (χ1v) is 4.38. The van der Waals surface area contributed by atoms with E-state index in [0.29, 0.717) is 0 Å². The monoisotopic (exact) mass is 186 g/mol. The molecule has 3 heteroatoms. The number of hydrogen-bond donors (Lipinski definition) is 1. The molecule has 1 aromatic carbocycles. The number of aromatic nitrogens is 1. The molecule has 1 N–H and O–H groups in total. The highest BCUT2D eigenvalue weighted by Gasteiger charge is 1.97. The number of benzene rings is 1. The third kappa shape index (κ3) is 1.71. The zero-order chi connectivity index (χ0) is 9.97. The third-order valence-corrected chi connectivity index (χ3v) is 1.91. The van der Waals surface area contributed by atoms with Gasteiger partial charge in [-0.15, -0.1) is 0 Å². The zero-order valence-corrected chi connectivity index (χ0v) is 7.82. The van der Waals surface area contributed by atoms with Crippen molar-refractivity contribution in [1.82, 2.24) is 4.98 Å². The van der Waals surface area contributed by atoms with Crippen LogP contribution in [0.1, 0.15) is 6.92 Å². The number of pyridine rings is 1. The van der Waals surface area contributed by atoms with E-state index >= 15 is 0 Å². The minimum absolute atomic E-state index is 0.0814. The Balaban J connectivity index is 2.46. The van der Waals surface area contributed by atoms with Gasteiger partial charge in [-0.1, -0.05) is 18.2 Å². The van der Waals surface area contributed by atoms with E-state index in [1.54, 1.807) is 6.20 Å². The predicted molar refractivity (Wildman–Crippen MR) is 56.0 cm³/mol. The van der Waals surface area contributed by atoms with Crippen molar-refractivity contribution in [2.45, 2.75) is 6.92 Å². The Bertz CT molecular complexity index is 479. The Morgan fingerprint density at radius 1 is 1.36 bits per heavy atom. The fourth-order valence-corrected chi connectivity index (χ4v) is 1.34. The molecule has 14 heavy (non-hydrogen) atoms. The Morgan fingerprint density at radius 2 is 2.14 bits per heavy atom. The molecule has 0 bridgehead atoms. The quantitative estimate of drug-likeness (QED) is 0.741. The van der Waals surface area contributed by atoms with Crippen LogP contribution in [0.2, 0.25) is 0 Å². The lowest BCUT2D eigenvalue weighted by Gasteiger charge is -2.02. The summed E-state index contributed by atoms with van der Waals surface area (Å²) in [5.41, 5.74) is 1.66. The summed E-state index contributed by atoms with van der Waals surface area (Å²) < 4.78 is 0. The number of nitrogens with one attached hydrogen (secondary N) is 1. The van der Waals surface area contributed by atoms with Crippen molar-refractivity contribution < 1.29 is 4.79 Å². The van der Waals surface area contributed by atoms with E-state index in [1.807, 2.05) is 30.3 Å². The van der Waals surface area contributed by atoms with Gasteiger partial charge in [0, 0.05) is 12.3 Å². The molecule has 0 aliphatic carbocycles. The number of carbonyl (C=O) groups is 1. The van der Waals surface area contributed by atoms with E-state index < -0.39 is 0 Å². The van der Waals surface area contributed by atoms with Gasteiger partial charge in [0.05, 0.1) is 17.4 Å². The summed E-state index contributed by atoms with van der Waals surface area (Å²) >= 11 is 0. The summed E-state index contributed by atoms with van der Waals surface area (Å²) in [5.74, 6) is -0.0814. The molecule has 0 atom stereocenters. The van der Waals surface area contributed by atoms with Gasteiger partial charge >= 0.3 is 0 Å². The average molecular weight is 186 g/mol. The number of para-hydroxylation sites is 1. The highest BCUT2D eigenvalue weighted by Crippen LogP contribution is 2.15. The Morgan fingerprint density at radius 3 is 2.93 bits per heavy atom. The van der Waals surface area contributed by atoms with Crippen molar-refractivity contribution in [2.24, 2.45) is 0 Å². The van der Waals surface area contributed by atoms with Crippen molar-refractivity contribution >= 4 is 22.5 Å². The summed E-state index contributed by atoms with van der Waals surface area (Å²) in [5, 5.41) is 3.72. The van der Waals surface area contributed by atoms with Crippen LogP contribution in [-0.2, 0) is 4.79 Å². The zero-order valence-electron chi connectivity index (χ0n) is 7.82. The largest absolute Gasteiger partial charge is 0.325 e. The fraction of sp³-hybridized carbons (Fsp3) is 0.0909. The number of nitrogens with zero attached hydrogens (tertiary/aromatic N) is 1. The van der Waals surface area contributed by atoms with Crippen molar-refractivity contribution in [1.29, 1.82) is 0 Å². The van der Waals surface area contributed by atoms with Crippen LogP contribution < -0.4 is 5.32 Å². The van der Waals surface area contributed by atoms with E-state index in [1.165, 1.54) is 6.92 Å². The second kappa shape index (κ2) is 3.46. The molecule has 1 heterocycles. The van der Waals surface area contributed by atoms with E-state index in [0.717, 1.165) is 16.6 Å². The number of anilines is 1. The molecule has 0 saturated carbocycles. The molecule has 0 unspecified atom stereocenters. The second-order valence-electron chi connectivity index (χ2n) is 3.10. The molecule has 2 rings (SSSR count). The van der Waals surface area contributed by atoms with Crippen LogP contribution in [0.15, 0.2) is 36.5 Å². The summed E-state index contributed by atoms with van der Waals surface area (Å²) in [7, 11) is 0. The molecule has 0 fully saturated rings. The molecule has 0 radical (unpaired) electrons. The van der Waals surface area contributed by atoms with E-state index in [4.69, 9.17) is 0 Å². The highest BCUT2D eigenvalue weighted by molar-refractivity contribution is 5.91. The molecule has 1 amide bonds. The lowest BCUT2D eigenvalue weighted by Crippen LogP contribution is -2.05. The molecule has 0 saturated heterocycles. The number of amides is 1. The number of fused-ring (bicyclic) bond motifs is 1.